The van der Waals surface area contributed by atoms with E-state index in [-0.39, 0.29) is 12.0 Å². The molecule has 0 spiro atoms. The van der Waals surface area contributed by atoms with Gasteiger partial charge in [0.2, 0.25) is 0 Å². The maximum atomic E-state index is 12.6. The van der Waals surface area contributed by atoms with E-state index >= 15 is 0 Å². The summed E-state index contributed by atoms with van der Waals surface area (Å²) in [7, 11) is 0. The average Bonchev–Trinajstić information content (AvgIpc) is 2.70. The van der Waals surface area contributed by atoms with Crippen LogP contribution < -0.4 is 5.32 Å². The Labute approximate surface area is 120 Å². The van der Waals surface area contributed by atoms with Crippen molar-refractivity contribution in [2.24, 2.45) is 0 Å². The molecule has 0 saturated carbocycles. The van der Waals surface area contributed by atoms with Gasteiger partial charge in [-0.05, 0) is 49.6 Å². The number of amides is 1. The van der Waals surface area contributed by atoms with Crippen LogP contribution in [0, 0.1) is 0 Å². The molecule has 20 heavy (non-hydrogen) atoms. The predicted molar refractivity (Wildman–Crippen MR) is 77.8 cm³/mol. The van der Waals surface area contributed by atoms with Crippen LogP contribution in [0.2, 0.25) is 0 Å². The first-order valence-electron chi connectivity index (χ1n) is 7.47. The molecule has 1 aromatic carbocycles. The molecule has 1 saturated heterocycles. The lowest BCUT2D eigenvalue weighted by atomic mass is 9.98. The summed E-state index contributed by atoms with van der Waals surface area (Å²) in [5, 5.41) is 3.36. The Balaban J connectivity index is 1.79. The summed E-state index contributed by atoms with van der Waals surface area (Å²) >= 11 is 0. The van der Waals surface area contributed by atoms with Crippen LogP contribution >= 0.6 is 0 Å². The normalized spacial score (nSPS) is 23.1. The van der Waals surface area contributed by atoms with Crippen LogP contribution in [0.25, 0.3) is 0 Å². The van der Waals surface area contributed by atoms with E-state index in [9.17, 15) is 4.79 Å². The average molecular weight is 274 g/mol. The van der Waals surface area contributed by atoms with Crippen molar-refractivity contribution in [2.45, 2.75) is 32.4 Å². The van der Waals surface area contributed by atoms with Crippen molar-refractivity contribution in [2.75, 3.05) is 26.2 Å². The molecule has 0 radical (unpaired) electrons. The molecule has 1 fully saturated rings. The molecular weight excluding hydrogens is 252 g/mol. The minimum Gasteiger partial charge on any atom is -0.377 e. The van der Waals surface area contributed by atoms with Gasteiger partial charge in [-0.1, -0.05) is 6.07 Å². The van der Waals surface area contributed by atoms with E-state index < -0.39 is 0 Å². The van der Waals surface area contributed by atoms with E-state index in [1.807, 2.05) is 17.9 Å². The van der Waals surface area contributed by atoms with Crippen LogP contribution in [0.4, 0.5) is 0 Å². The molecule has 4 heteroatoms. The summed E-state index contributed by atoms with van der Waals surface area (Å²) in [6.07, 6.45) is 2.10. The smallest absolute Gasteiger partial charge is 0.253 e. The van der Waals surface area contributed by atoms with Crippen molar-refractivity contribution in [1.82, 2.24) is 10.2 Å². The first-order chi connectivity index (χ1) is 9.74. The molecule has 1 unspecified atom stereocenters. The van der Waals surface area contributed by atoms with E-state index in [0.29, 0.717) is 6.54 Å². The monoisotopic (exact) mass is 274 g/mol. The fourth-order valence-corrected chi connectivity index (χ4v) is 2.97. The molecule has 4 nitrogen and oxygen atoms in total. The minimum atomic E-state index is 0.126. The van der Waals surface area contributed by atoms with Gasteiger partial charge in [0.05, 0.1) is 6.10 Å². The van der Waals surface area contributed by atoms with Crippen molar-refractivity contribution >= 4 is 5.91 Å². The highest BCUT2D eigenvalue weighted by atomic mass is 16.5. The van der Waals surface area contributed by atoms with Crippen molar-refractivity contribution < 1.29 is 9.53 Å². The van der Waals surface area contributed by atoms with Crippen LogP contribution in [0.15, 0.2) is 18.2 Å². The molecule has 2 aliphatic rings. The second-order valence-corrected chi connectivity index (χ2v) is 5.70. The van der Waals surface area contributed by atoms with Crippen LogP contribution in [0.1, 0.15) is 34.8 Å². The molecule has 2 aliphatic heterocycles. The van der Waals surface area contributed by atoms with Gasteiger partial charge < -0.3 is 15.0 Å². The maximum Gasteiger partial charge on any atom is 0.253 e. The topological polar surface area (TPSA) is 41.6 Å². The van der Waals surface area contributed by atoms with Gasteiger partial charge in [-0.3, -0.25) is 4.79 Å². The second kappa shape index (κ2) is 5.94. The van der Waals surface area contributed by atoms with Crippen LogP contribution in [0.5, 0.6) is 0 Å². The van der Waals surface area contributed by atoms with Crippen LogP contribution in [-0.2, 0) is 17.7 Å². The zero-order valence-electron chi connectivity index (χ0n) is 12.0. The highest BCUT2D eigenvalue weighted by molar-refractivity contribution is 5.94. The van der Waals surface area contributed by atoms with Crippen LogP contribution in [-0.4, -0.2) is 43.2 Å². The summed E-state index contributed by atoms with van der Waals surface area (Å²) < 4.78 is 5.61. The number of hydrogen-bond donors (Lipinski definition) is 1. The Kier molecular flexibility index (Phi) is 4.03. The third-order valence-corrected chi connectivity index (χ3v) is 4.08. The van der Waals surface area contributed by atoms with Gasteiger partial charge in [-0.2, -0.15) is 0 Å². The number of nitrogens with one attached hydrogen (secondary N) is 1. The predicted octanol–water partition coefficient (Wildman–Crippen LogP) is 1.58. The Hall–Kier alpha value is -1.39. The van der Waals surface area contributed by atoms with Gasteiger partial charge in [0.25, 0.3) is 5.91 Å². The number of benzene rings is 1. The molecular formula is C16H22N2O2. The molecule has 1 atom stereocenters. The number of rotatable bonds is 1. The van der Waals surface area contributed by atoms with Crippen molar-refractivity contribution in [3.05, 3.63) is 34.9 Å². The fourth-order valence-electron chi connectivity index (χ4n) is 2.97. The Morgan fingerprint density at radius 1 is 1.40 bits per heavy atom. The Morgan fingerprint density at radius 3 is 3.20 bits per heavy atom. The standard InChI is InChI=1S/C16H22N2O2/c1-12-11-18(7-2-8-20-12)16(19)14-4-3-13-5-6-17-10-15(13)9-14/h3-4,9,12,17H,2,5-8,10-11H2,1H3. The van der Waals surface area contributed by atoms with E-state index in [2.05, 4.69) is 17.4 Å². The molecule has 1 N–H and O–H groups in total. The number of carbonyl (C=O) groups is 1. The zero-order chi connectivity index (χ0) is 13.9. The lowest BCUT2D eigenvalue weighted by molar-refractivity contribution is 0.0562. The molecule has 1 amide bonds. The molecule has 108 valence electrons. The summed E-state index contributed by atoms with van der Waals surface area (Å²) in [5.41, 5.74) is 3.44. The third-order valence-electron chi connectivity index (χ3n) is 4.08. The Bertz CT molecular complexity index is 501. The number of hydrogen-bond acceptors (Lipinski definition) is 3. The highest BCUT2D eigenvalue weighted by Gasteiger charge is 2.22. The SMILES string of the molecule is CC1CN(C(=O)c2ccc3c(c2)CNCC3)CCCO1. The van der Waals surface area contributed by atoms with Gasteiger partial charge in [0.15, 0.2) is 0 Å². The van der Waals surface area contributed by atoms with E-state index in [1.54, 1.807) is 0 Å². The molecule has 0 aromatic heterocycles. The van der Waals surface area contributed by atoms with Gasteiger partial charge in [-0.15, -0.1) is 0 Å². The minimum absolute atomic E-state index is 0.126. The van der Waals surface area contributed by atoms with E-state index in [4.69, 9.17) is 4.74 Å². The van der Waals surface area contributed by atoms with Crippen molar-refractivity contribution in [3.63, 3.8) is 0 Å². The maximum absolute atomic E-state index is 12.6. The lowest BCUT2D eigenvalue weighted by Gasteiger charge is -2.23. The van der Waals surface area contributed by atoms with Gasteiger partial charge in [0.1, 0.15) is 0 Å². The zero-order valence-corrected chi connectivity index (χ0v) is 12.0. The van der Waals surface area contributed by atoms with Crippen molar-refractivity contribution in [3.8, 4) is 0 Å². The Morgan fingerprint density at radius 2 is 2.30 bits per heavy atom. The van der Waals surface area contributed by atoms with Crippen molar-refractivity contribution in [1.29, 1.82) is 0 Å². The molecule has 3 rings (SSSR count). The number of ether oxygens (including phenoxy) is 1. The van der Waals surface area contributed by atoms with Gasteiger partial charge in [0, 0.05) is 31.8 Å². The quantitative estimate of drug-likeness (QED) is 0.845. The summed E-state index contributed by atoms with van der Waals surface area (Å²) in [6, 6.07) is 6.14. The molecule has 0 aliphatic carbocycles. The summed E-state index contributed by atoms with van der Waals surface area (Å²) in [5.74, 6) is 0.135. The van der Waals surface area contributed by atoms with Gasteiger partial charge in [-0.25, -0.2) is 0 Å². The van der Waals surface area contributed by atoms with Crippen LogP contribution in [0.3, 0.4) is 0 Å². The fraction of sp³-hybridized carbons (Fsp3) is 0.562. The lowest BCUT2D eigenvalue weighted by Crippen LogP contribution is -2.36. The second-order valence-electron chi connectivity index (χ2n) is 5.70. The first kappa shape index (κ1) is 13.6. The highest BCUT2D eigenvalue weighted by Crippen LogP contribution is 2.18. The largest absolute Gasteiger partial charge is 0.377 e. The number of fused-ring (bicyclic) bond motifs is 1. The molecule has 2 heterocycles. The van der Waals surface area contributed by atoms with E-state index in [0.717, 1.165) is 44.6 Å². The molecule has 0 bridgehead atoms. The third kappa shape index (κ3) is 2.86. The number of nitrogens with zero attached hydrogens (tertiary/aromatic N) is 1. The number of carbonyl (C=O) groups excluding carboxylic acids is 1. The summed E-state index contributed by atoms with van der Waals surface area (Å²) in [4.78, 5) is 14.6. The first-order valence-corrected chi connectivity index (χ1v) is 7.47. The summed E-state index contributed by atoms with van der Waals surface area (Å²) in [6.45, 7) is 6.16. The van der Waals surface area contributed by atoms with E-state index in [1.165, 1.54) is 11.1 Å². The van der Waals surface area contributed by atoms with Gasteiger partial charge >= 0.3 is 0 Å². The molecule has 1 aromatic rings.